The summed E-state index contributed by atoms with van der Waals surface area (Å²) in [6.07, 6.45) is 9.41. The maximum atomic E-state index is 11.8. The number of carbonyl (C=O) groups excluding carboxylic acids is 1. The van der Waals surface area contributed by atoms with Crippen LogP contribution in [0.4, 0.5) is 0 Å². The molecule has 3 fully saturated rings. The molecule has 0 aromatic rings. The van der Waals surface area contributed by atoms with Crippen molar-refractivity contribution >= 4 is 5.78 Å². The third kappa shape index (κ3) is 1.79. The zero-order valence-corrected chi connectivity index (χ0v) is 14.3. The molecule has 0 saturated heterocycles. The molecule has 0 aromatic carbocycles. The Labute approximate surface area is 134 Å². The van der Waals surface area contributed by atoms with Crippen LogP contribution in [0.1, 0.15) is 65.7 Å². The second-order valence-corrected chi connectivity index (χ2v) is 9.16. The summed E-state index contributed by atoms with van der Waals surface area (Å²) in [4.78, 5) is 11.8. The highest BCUT2D eigenvalue weighted by Crippen LogP contribution is 2.66. The van der Waals surface area contributed by atoms with Crippen molar-refractivity contribution in [2.75, 3.05) is 0 Å². The number of allylic oxidation sites excluding steroid dienone is 1. The smallest absolute Gasteiger partial charge is 0.155 e. The molecule has 7 atom stereocenters. The van der Waals surface area contributed by atoms with Crippen LogP contribution >= 0.6 is 0 Å². The molecule has 3 saturated carbocycles. The molecule has 0 aliphatic heterocycles. The van der Waals surface area contributed by atoms with Gasteiger partial charge in [-0.1, -0.05) is 26.3 Å². The maximum Gasteiger partial charge on any atom is 0.155 e. The molecule has 0 bridgehead atoms. The minimum Gasteiger partial charge on any atom is -0.393 e. The van der Waals surface area contributed by atoms with E-state index in [1.54, 1.807) is 0 Å². The number of rotatable bonds is 0. The highest BCUT2D eigenvalue weighted by molar-refractivity contribution is 5.91. The topological polar surface area (TPSA) is 37.3 Å². The molecule has 2 nitrogen and oxygen atoms in total. The largest absolute Gasteiger partial charge is 0.393 e. The van der Waals surface area contributed by atoms with Crippen LogP contribution in [-0.4, -0.2) is 17.0 Å². The van der Waals surface area contributed by atoms with Crippen LogP contribution in [0.3, 0.4) is 0 Å². The van der Waals surface area contributed by atoms with Gasteiger partial charge in [0.1, 0.15) is 0 Å². The molecule has 2 heteroatoms. The van der Waals surface area contributed by atoms with E-state index >= 15 is 0 Å². The van der Waals surface area contributed by atoms with Gasteiger partial charge in [-0.15, -0.1) is 0 Å². The average molecular weight is 302 g/mol. The van der Waals surface area contributed by atoms with E-state index in [9.17, 15) is 9.90 Å². The molecule has 0 spiro atoms. The Balaban J connectivity index is 1.71. The lowest BCUT2D eigenvalue weighted by atomic mass is 9.46. The standard InChI is InChI=1S/C20H30O2/c1-12-10-17(22)20(3)9-7-16-15(18(12)20)5-4-13-11-14(21)6-8-19(13,16)2/h11-12,15-18,22H,4-10H2,1-3H3/t12?,15-,16+,17+,18+,19+,20-/m1/s1. The number of aliphatic hydroxyl groups excluding tert-OH is 1. The van der Waals surface area contributed by atoms with Crippen LogP contribution < -0.4 is 0 Å². The second kappa shape index (κ2) is 4.69. The van der Waals surface area contributed by atoms with Crippen LogP contribution in [0.2, 0.25) is 0 Å². The fourth-order valence-electron chi connectivity index (χ4n) is 7.07. The van der Waals surface area contributed by atoms with Crippen molar-refractivity contribution < 1.29 is 9.90 Å². The normalized spacial score (nSPS) is 54.3. The Morgan fingerprint density at radius 3 is 2.73 bits per heavy atom. The van der Waals surface area contributed by atoms with E-state index in [1.165, 1.54) is 24.8 Å². The Hall–Kier alpha value is -0.630. The van der Waals surface area contributed by atoms with Gasteiger partial charge in [-0.25, -0.2) is 0 Å². The van der Waals surface area contributed by atoms with Gasteiger partial charge < -0.3 is 5.11 Å². The van der Waals surface area contributed by atoms with Crippen LogP contribution in [0.15, 0.2) is 11.6 Å². The number of carbonyl (C=O) groups is 1. The molecule has 0 amide bonds. The first-order chi connectivity index (χ1) is 10.4. The summed E-state index contributed by atoms with van der Waals surface area (Å²) in [7, 11) is 0. The number of aliphatic hydroxyl groups is 1. The fraction of sp³-hybridized carbons (Fsp3) is 0.850. The molecule has 4 rings (SSSR count). The van der Waals surface area contributed by atoms with Crippen molar-refractivity contribution in [2.45, 2.75) is 71.8 Å². The lowest BCUT2D eigenvalue weighted by molar-refractivity contribution is -0.118. The van der Waals surface area contributed by atoms with Crippen LogP contribution in [0, 0.1) is 34.5 Å². The molecule has 0 radical (unpaired) electrons. The monoisotopic (exact) mass is 302 g/mol. The highest BCUT2D eigenvalue weighted by atomic mass is 16.3. The van der Waals surface area contributed by atoms with E-state index in [2.05, 4.69) is 20.8 Å². The van der Waals surface area contributed by atoms with Crippen molar-refractivity contribution in [3.63, 3.8) is 0 Å². The van der Waals surface area contributed by atoms with E-state index in [1.807, 2.05) is 6.08 Å². The van der Waals surface area contributed by atoms with Gasteiger partial charge in [0.15, 0.2) is 5.78 Å². The van der Waals surface area contributed by atoms with E-state index in [-0.39, 0.29) is 16.9 Å². The van der Waals surface area contributed by atoms with E-state index < -0.39 is 0 Å². The Bertz CT molecular complexity index is 536. The first-order valence-corrected chi connectivity index (χ1v) is 9.28. The summed E-state index contributed by atoms with van der Waals surface area (Å²) < 4.78 is 0. The number of ketones is 1. The van der Waals surface area contributed by atoms with Gasteiger partial charge in [0.2, 0.25) is 0 Å². The lowest BCUT2D eigenvalue weighted by Crippen LogP contribution is -2.52. The van der Waals surface area contributed by atoms with Crippen molar-refractivity contribution in [3.8, 4) is 0 Å². The van der Waals surface area contributed by atoms with E-state index in [0.717, 1.165) is 37.5 Å². The van der Waals surface area contributed by atoms with Crippen molar-refractivity contribution in [2.24, 2.45) is 34.5 Å². The molecule has 22 heavy (non-hydrogen) atoms. The average Bonchev–Trinajstić information content (AvgIpc) is 2.70. The van der Waals surface area contributed by atoms with Gasteiger partial charge in [-0.2, -0.15) is 0 Å². The number of fused-ring (bicyclic) bond motifs is 5. The maximum absolute atomic E-state index is 11.8. The minimum absolute atomic E-state index is 0.105. The van der Waals surface area contributed by atoms with Crippen LogP contribution in [0.25, 0.3) is 0 Å². The zero-order chi connectivity index (χ0) is 15.7. The summed E-state index contributed by atoms with van der Waals surface area (Å²) in [5.41, 5.74) is 1.84. The highest BCUT2D eigenvalue weighted by Gasteiger charge is 2.60. The summed E-state index contributed by atoms with van der Waals surface area (Å²) in [6.45, 7) is 7.14. The molecular weight excluding hydrogens is 272 g/mol. The third-order valence-electron chi connectivity index (χ3n) is 8.23. The first-order valence-electron chi connectivity index (χ1n) is 9.28. The first kappa shape index (κ1) is 14.9. The molecular formula is C20H30O2. The van der Waals surface area contributed by atoms with E-state index in [4.69, 9.17) is 0 Å². The predicted molar refractivity (Wildman–Crippen MR) is 87.3 cm³/mol. The number of hydrogen-bond donors (Lipinski definition) is 1. The molecule has 1 unspecified atom stereocenters. The summed E-state index contributed by atoms with van der Waals surface area (Å²) in [6, 6.07) is 0. The third-order valence-corrected chi connectivity index (χ3v) is 8.23. The summed E-state index contributed by atoms with van der Waals surface area (Å²) in [5.74, 6) is 3.15. The SMILES string of the molecule is CC1C[C@H](O)[C@@]2(C)CC[C@H]3[C@@H](CCC4=CC(=O)CC[C@@]43C)[C@H]12. The molecule has 122 valence electrons. The predicted octanol–water partition coefficient (Wildman–Crippen LogP) is 4.13. The molecule has 0 heterocycles. The van der Waals surface area contributed by atoms with Gasteiger partial charge in [0.05, 0.1) is 6.10 Å². The molecule has 1 N–H and O–H groups in total. The van der Waals surface area contributed by atoms with E-state index in [0.29, 0.717) is 17.6 Å². The van der Waals surface area contributed by atoms with Gasteiger partial charge in [0, 0.05) is 6.42 Å². The van der Waals surface area contributed by atoms with Crippen molar-refractivity contribution in [1.29, 1.82) is 0 Å². The summed E-state index contributed by atoms with van der Waals surface area (Å²) >= 11 is 0. The van der Waals surface area contributed by atoms with Gasteiger partial charge in [0.25, 0.3) is 0 Å². The van der Waals surface area contributed by atoms with Gasteiger partial charge >= 0.3 is 0 Å². The molecule has 4 aliphatic carbocycles. The Morgan fingerprint density at radius 1 is 1.18 bits per heavy atom. The van der Waals surface area contributed by atoms with Crippen molar-refractivity contribution in [3.05, 3.63) is 11.6 Å². The second-order valence-electron chi connectivity index (χ2n) is 9.16. The number of hydrogen-bond acceptors (Lipinski definition) is 2. The minimum atomic E-state index is -0.105. The van der Waals surface area contributed by atoms with Crippen LogP contribution in [-0.2, 0) is 4.79 Å². The van der Waals surface area contributed by atoms with Gasteiger partial charge in [-0.3, -0.25) is 4.79 Å². The fourth-order valence-corrected chi connectivity index (χ4v) is 7.07. The molecule has 0 aromatic heterocycles. The Kier molecular flexibility index (Phi) is 3.18. The Morgan fingerprint density at radius 2 is 1.95 bits per heavy atom. The van der Waals surface area contributed by atoms with Crippen molar-refractivity contribution in [1.82, 2.24) is 0 Å². The van der Waals surface area contributed by atoms with Gasteiger partial charge in [-0.05, 0) is 79.1 Å². The quantitative estimate of drug-likeness (QED) is 0.730. The van der Waals surface area contributed by atoms with Crippen LogP contribution in [0.5, 0.6) is 0 Å². The molecule has 4 aliphatic rings. The summed E-state index contributed by atoms with van der Waals surface area (Å²) in [5, 5.41) is 10.6. The zero-order valence-electron chi connectivity index (χ0n) is 14.3. The lowest BCUT2D eigenvalue weighted by Gasteiger charge is -2.58.